The van der Waals surface area contributed by atoms with Gasteiger partial charge in [0.25, 0.3) is 0 Å². The predicted molar refractivity (Wildman–Crippen MR) is 207 cm³/mol. The number of anilines is 1. The molecule has 0 saturated heterocycles. The van der Waals surface area contributed by atoms with Crippen LogP contribution in [-0.4, -0.2) is 52.1 Å². The van der Waals surface area contributed by atoms with Crippen LogP contribution in [0.2, 0.25) is 10.0 Å². The van der Waals surface area contributed by atoms with Gasteiger partial charge in [-0.05, 0) is 107 Å². The van der Waals surface area contributed by atoms with E-state index in [0.717, 1.165) is 78.6 Å². The molecule has 0 radical (unpaired) electrons. The Bertz CT molecular complexity index is 2040. The van der Waals surface area contributed by atoms with Gasteiger partial charge in [-0.15, -0.1) is 0 Å². The quantitative estimate of drug-likeness (QED) is 0.0778. The van der Waals surface area contributed by atoms with E-state index in [0.29, 0.717) is 36.5 Å². The number of aryl methyl sites for hydroxylation is 4. The predicted octanol–water partition coefficient (Wildman–Crippen LogP) is 9.68. The van der Waals surface area contributed by atoms with Gasteiger partial charge in [0.1, 0.15) is 5.75 Å². The van der Waals surface area contributed by atoms with E-state index >= 15 is 0 Å². The lowest BCUT2D eigenvalue weighted by atomic mass is 9.90. The number of aromatic nitrogens is 3. The van der Waals surface area contributed by atoms with Gasteiger partial charge in [-0.1, -0.05) is 54.4 Å². The Morgan fingerprint density at radius 2 is 1.76 bits per heavy atom. The van der Waals surface area contributed by atoms with Crippen molar-refractivity contribution >= 4 is 57.4 Å². The first kappa shape index (κ1) is 36.9. The number of allylic oxidation sites excluding steroid dienone is 1. The standard InChI is InChI=1S/C40H45Cl2N5O3/c1-8-29(43-6)22-45-39-32(15-16-34(41)36(39)35-25(4)46-47(7)26(35)5)27(11-10-18-50-30-19-23(2)37(42)24(3)20-30)21-28-13-14-33(40(48)49)38-31(28)12-9-17-44-38/h9,12-17,19-21,29,43,45H,8,10-11,18,22H2,1-7H3,(H,48,49)/b27-21+. The monoisotopic (exact) mass is 713 g/mol. The molecule has 5 aromatic rings. The number of ether oxygens (including phenoxy) is 1. The summed E-state index contributed by atoms with van der Waals surface area (Å²) in [6, 6.07) is 15.4. The largest absolute Gasteiger partial charge is 0.494 e. The molecule has 0 aliphatic carbocycles. The number of rotatable bonds is 14. The van der Waals surface area contributed by atoms with Gasteiger partial charge in [0.2, 0.25) is 0 Å². The molecule has 3 N–H and O–H groups in total. The number of carbonyl (C=O) groups is 1. The highest BCUT2D eigenvalue weighted by atomic mass is 35.5. The third-order valence-electron chi connectivity index (χ3n) is 9.32. The molecular weight excluding hydrogens is 669 g/mol. The van der Waals surface area contributed by atoms with Gasteiger partial charge < -0.3 is 20.5 Å². The number of halogens is 2. The Labute approximate surface area is 304 Å². The van der Waals surface area contributed by atoms with Crippen LogP contribution in [-0.2, 0) is 7.05 Å². The average molecular weight is 715 g/mol. The molecule has 262 valence electrons. The molecule has 1 unspecified atom stereocenters. The number of pyridine rings is 1. The van der Waals surface area contributed by atoms with Crippen LogP contribution in [0.1, 0.15) is 70.2 Å². The molecule has 0 fully saturated rings. The van der Waals surface area contributed by atoms with Gasteiger partial charge in [-0.3, -0.25) is 9.67 Å². The SMILES string of the molecule is CCC(CNc1c(/C(=C/c2ccc(C(=O)O)c3ncccc23)CCCOc2cc(C)c(Cl)c(C)c2)ccc(Cl)c1-c1c(C)nn(C)c1C)NC. The number of hydrogen-bond acceptors (Lipinski definition) is 6. The first-order valence-electron chi connectivity index (χ1n) is 16.9. The van der Waals surface area contributed by atoms with E-state index in [1.807, 2.05) is 75.9 Å². The normalized spacial score (nSPS) is 12.4. The minimum Gasteiger partial charge on any atom is -0.494 e. The molecule has 3 aromatic carbocycles. The molecule has 0 amide bonds. The molecular formula is C40H45Cl2N5O3. The third kappa shape index (κ3) is 7.83. The minimum atomic E-state index is -1.01. The second-order valence-corrected chi connectivity index (χ2v) is 13.5. The molecule has 1 atom stereocenters. The number of benzene rings is 3. The van der Waals surface area contributed by atoms with Crippen LogP contribution in [0, 0.1) is 27.7 Å². The molecule has 0 bridgehead atoms. The summed E-state index contributed by atoms with van der Waals surface area (Å²) in [5.41, 5.74) is 10.2. The van der Waals surface area contributed by atoms with E-state index in [2.05, 4.69) is 41.6 Å². The van der Waals surface area contributed by atoms with Gasteiger partial charge in [0.05, 0.1) is 34.1 Å². The Morgan fingerprint density at radius 1 is 1.04 bits per heavy atom. The van der Waals surface area contributed by atoms with Crippen LogP contribution in [0.4, 0.5) is 5.69 Å². The summed E-state index contributed by atoms with van der Waals surface area (Å²) in [5, 5.41) is 24.0. The van der Waals surface area contributed by atoms with E-state index in [-0.39, 0.29) is 11.6 Å². The number of hydrogen-bond donors (Lipinski definition) is 3. The van der Waals surface area contributed by atoms with Crippen molar-refractivity contribution in [1.82, 2.24) is 20.1 Å². The van der Waals surface area contributed by atoms with Crippen LogP contribution >= 0.6 is 23.2 Å². The van der Waals surface area contributed by atoms with Gasteiger partial charge >= 0.3 is 5.97 Å². The maximum absolute atomic E-state index is 12.1. The number of carboxylic acid groups (broad SMARTS) is 1. The van der Waals surface area contributed by atoms with Crippen molar-refractivity contribution < 1.29 is 14.6 Å². The molecule has 2 heterocycles. The number of fused-ring (bicyclic) bond motifs is 1. The number of aromatic carboxylic acids is 1. The summed E-state index contributed by atoms with van der Waals surface area (Å²) in [4.78, 5) is 16.6. The van der Waals surface area contributed by atoms with E-state index < -0.39 is 5.97 Å². The highest BCUT2D eigenvalue weighted by Crippen LogP contribution is 2.44. The summed E-state index contributed by atoms with van der Waals surface area (Å²) in [7, 11) is 3.92. The first-order chi connectivity index (χ1) is 23.9. The van der Waals surface area contributed by atoms with Gasteiger partial charge in [-0.25, -0.2) is 4.79 Å². The fraction of sp³-hybridized carbons (Fsp3) is 0.325. The first-order valence-corrected chi connectivity index (χ1v) is 17.7. The van der Waals surface area contributed by atoms with E-state index in [1.54, 1.807) is 12.3 Å². The maximum atomic E-state index is 12.1. The molecule has 0 spiro atoms. The number of nitrogens with one attached hydrogen (secondary N) is 2. The van der Waals surface area contributed by atoms with Crippen LogP contribution in [0.3, 0.4) is 0 Å². The van der Waals surface area contributed by atoms with Crippen molar-refractivity contribution in [1.29, 1.82) is 0 Å². The smallest absolute Gasteiger partial charge is 0.337 e. The van der Waals surface area contributed by atoms with Crippen molar-refractivity contribution in [2.24, 2.45) is 7.05 Å². The minimum absolute atomic E-state index is 0.164. The zero-order valence-electron chi connectivity index (χ0n) is 29.7. The Kier molecular flexibility index (Phi) is 11.9. The fourth-order valence-corrected chi connectivity index (χ4v) is 6.85. The van der Waals surface area contributed by atoms with Crippen molar-refractivity contribution in [3.05, 3.63) is 104 Å². The highest BCUT2D eigenvalue weighted by Gasteiger charge is 2.23. The van der Waals surface area contributed by atoms with Gasteiger partial charge in [0.15, 0.2) is 0 Å². The molecule has 2 aromatic heterocycles. The summed E-state index contributed by atoms with van der Waals surface area (Å²) < 4.78 is 8.13. The van der Waals surface area contributed by atoms with Crippen molar-refractivity contribution in [3.8, 4) is 16.9 Å². The Balaban J connectivity index is 1.67. The Morgan fingerprint density at radius 3 is 2.40 bits per heavy atom. The van der Waals surface area contributed by atoms with E-state index in [9.17, 15) is 9.90 Å². The van der Waals surface area contributed by atoms with Crippen LogP contribution in [0.25, 0.3) is 33.7 Å². The van der Waals surface area contributed by atoms with Crippen molar-refractivity contribution in [2.75, 3.05) is 25.5 Å². The van der Waals surface area contributed by atoms with Gasteiger partial charge in [0, 0.05) is 58.6 Å². The molecule has 5 rings (SSSR count). The second-order valence-electron chi connectivity index (χ2n) is 12.7. The van der Waals surface area contributed by atoms with Crippen LogP contribution in [0.15, 0.2) is 54.7 Å². The number of carboxylic acids is 1. The second kappa shape index (κ2) is 16.1. The molecule has 0 saturated carbocycles. The molecule has 10 heteroatoms. The molecule has 8 nitrogen and oxygen atoms in total. The van der Waals surface area contributed by atoms with Crippen LogP contribution < -0.4 is 15.4 Å². The van der Waals surface area contributed by atoms with E-state index in [1.165, 1.54) is 0 Å². The van der Waals surface area contributed by atoms with E-state index in [4.69, 9.17) is 33.0 Å². The van der Waals surface area contributed by atoms with Gasteiger partial charge in [-0.2, -0.15) is 5.10 Å². The highest BCUT2D eigenvalue weighted by molar-refractivity contribution is 6.34. The Hall–Kier alpha value is -4.37. The lowest BCUT2D eigenvalue weighted by Crippen LogP contribution is -2.32. The summed E-state index contributed by atoms with van der Waals surface area (Å²) in [6.07, 6.45) is 6.09. The number of nitrogens with zero attached hydrogens (tertiary/aromatic N) is 3. The molecule has 0 aliphatic heterocycles. The van der Waals surface area contributed by atoms with Crippen molar-refractivity contribution in [2.45, 2.75) is 59.9 Å². The summed E-state index contributed by atoms with van der Waals surface area (Å²) >= 11 is 13.5. The average Bonchev–Trinajstić information content (AvgIpc) is 3.34. The topological polar surface area (TPSA) is 101 Å². The summed E-state index contributed by atoms with van der Waals surface area (Å²) in [5.74, 6) is -0.229. The molecule has 0 aliphatic rings. The lowest BCUT2D eigenvalue weighted by molar-refractivity contribution is 0.0699. The fourth-order valence-electron chi connectivity index (χ4n) is 6.49. The van der Waals surface area contributed by atoms with Crippen LogP contribution in [0.5, 0.6) is 5.75 Å². The lowest BCUT2D eigenvalue weighted by Gasteiger charge is -2.23. The van der Waals surface area contributed by atoms with Crippen molar-refractivity contribution in [3.63, 3.8) is 0 Å². The molecule has 50 heavy (non-hydrogen) atoms. The third-order valence-corrected chi connectivity index (χ3v) is 10.2. The zero-order chi connectivity index (χ0) is 36.1. The number of likely N-dealkylation sites (N-methyl/N-ethyl adjacent to an activating group) is 1. The zero-order valence-corrected chi connectivity index (χ0v) is 31.3. The maximum Gasteiger partial charge on any atom is 0.337 e. The summed E-state index contributed by atoms with van der Waals surface area (Å²) in [6.45, 7) is 11.3.